The highest BCUT2D eigenvalue weighted by atomic mass is 16.7. The minimum absolute atomic E-state index is 0.0921. The molecule has 5 atom stereocenters. The highest BCUT2D eigenvalue weighted by Gasteiger charge is 2.46. The van der Waals surface area contributed by atoms with E-state index in [1.807, 2.05) is 0 Å². The number of Topliss-reactive ketones (excluding diaryl/α,β-unsaturated/α-hetero) is 1. The van der Waals surface area contributed by atoms with E-state index in [4.69, 9.17) is 9.47 Å². The second-order valence-corrected chi connectivity index (χ2v) is 5.63. The molecule has 0 saturated carbocycles. The van der Waals surface area contributed by atoms with E-state index in [-0.39, 0.29) is 5.78 Å². The lowest BCUT2D eigenvalue weighted by Gasteiger charge is -2.42. The first-order chi connectivity index (χ1) is 11.3. The molecule has 2 rings (SSSR count). The molecule has 0 bridgehead atoms. The Morgan fingerprint density at radius 1 is 1.17 bits per heavy atom. The van der Waals surface area contributed by atoms with Crippen molar-refractivity contribution < 1.29 is 34.4 Å². The molecular weight excluding hydrogens is 318 g/mol. The Morgan fingerprint density at radius 2 is 1.79 bits per heavy atom. The number of hydrogen-bond acceptors (Lipinski definition) is 7. The van der Waals surface area contributed by atoms with Crippen LogP contribution < -0.4 is 10.1 Å². The molecule has 0 aliphatic carbocycles. The lowest BCUT2D eigenvalue weighted by Crippen LogP contribution is -2.65. The van der Waals surface area contributed by atoms with Gasteiger partial charge in [0, 0.05) is 12.5 Å². The lowest BCUT2D eigenvalue weighted by molar-refractivity contribution is -0.244. The fraction of sp³-hybridized carbons (Fsp3) is 0.500. The Bertz CT molecular complexity index is 589. The number of carbonyl (C=O) groups is 2. The summed E-state index contributed by atoms with van der Waals surface area (Å²) in [6.45, 7) is 2.18. The Kier molecular flexibility index (Phi) is 5.89. The summed E-state index contributed by atoms with van der Waals surface area (Å²) < 4.78 is 11.1. The molecule has 1 aliphatic heterocycles. The monoisotopic (exact) mass is 339 g/mol. The van der Waals surface area contributed by atoms with Crippen molar-refractivity contribution in [2.45, 2.75) is 44.5 Å². The van der Waals surface area contributed by atoms with Gasteiger partial charge in [-0.05, 0) is 31.2 Å². The van der Waals surface area contributed by atoms with Gasteiger partial charge in [-0.15, -0.1) is 0 Å². The van der Waals surface area contributed by atoms with Crippen LogP contribution in [-0.4, -0.2) is 64.3 Å². The van der Waals surface area contributed by atoms with Crippen molar-refractivity contribution >= 4 is 11.7 Å². The molecule has 4 N–H and O–H groups in total. The van der Waals surface area contributed by atoms with Crippen molar-refractivity contribution in [3.63, 3.8) is 0 Å². The van der Waals surface area contributed by atoms with Gasteiger partial charge in [-0.25, -0.2) is 0 Å². The number of ketones is 1. The molecule has 1 aromatic carbocycles. The Labute approximate surface area is 139 Å². The Balaban J connectivity index is 2.19. The molecule has 8 heteroatoms. The highest BCUT2D eigenvalue weighted by molar-refractivity contribution is 5.94. The maximum absolute atomic E-state index is 11.3. The van der Waals surface area contributed by atoms with E-state index in [2.05, 4.69) is 5.32 Å². The van der Waals surface area contributed by atoms with Crippen molar-refractivity contribution in [3.8, 4) is 5.75 Å². The van der Waals surface area contributed by atoms with E-state index in [0.29, 0.717) is 11.3 Å². The molecule has 1 saturated heterocycles. The van der Waals surface area contributed by atoms with Crippen LogP contribution in [0.1, 0.15) is 24.2 Å². The van der Waals surface area contributed by atoms with Crippen LogP contribution >= 0.6 is 0 Å². The van der Waals surface area contributed by atoms with Gasteiger partial charge in [-0.2, -0.15) is 0 Å². The molecule has 24 heavy (non-hydrogen) atoms. The van der Waals surface area contributed by atoms with E-state index in [1.54, 1.807) is 24.3 Å². The van der Waals surface area contributed by atoms with Gasteiger partial charge in [0.05, 0.1) is 6.61 Å². The van der Waals surface area contributed by atoms with Crippen molar-refractivity contribution in [2.24, 2.45) is 0 Å². The fourth-order valence-corrected chi connectivity index (χ4v) is 2.47. The summed E-state index contributed by atoms with van der Waals surface area (Å²) in [7, 11) is 0. The average Bonchev–Trinajstić information content (AvgIpc) is 2.54. The standard InChI is InChI=1S/C16H21NO7/c1-8(19)10-3-5-11(6-4-10)23-16-13(17-9(2)20)15(22)14(21)12(7-18)24-16/h3-6,12-16,18,21-22H,7H2,1-2H3,(H,17,20)/t12-,13+,14+,15-,16-/m0/s1. The summed E-state index contributed by atoms with van der Waals surface area (Å²) in [6.07, 6.45) is -4.91. The summed E-state index contributed by atoms with van der Waals surface area (Å²) >= 11 is 0. The minimum Gasteiger partial charge on any atom is -0.463 e. The van der Waals surface area contributed by atoms with Crippen LogP contribution in [-0.2, 0) is 9.53 Å². The largest absolute Gasteiger partial charge is 0.463 e. The molecule has 1 heterocycles. The normalized spacial score (nSPS) is 29.8. The number of nitrogens with one attached hydrogen (secondary N) is 1. The molecule has 8 nitrogen and oxygen atoms in total. The van der Waals surface area contributed by atoms with Crippen LogP contribution in [0.15, 0.2) is 24.3 Å². The summed E-state index contributed by atoms with van der Waals surface area (Å²) in [5.41, 5.74) is 0.508. The van der Waals surface area contributed by atoms with Crippen LogP contribution in [0.4, 0.5) is 0 Å². The lowest BCUT2D eigenvalue weighted by atomic mass is 9.97. The Morgan fingerprint density at radius 3 is 2.29 bits per heavy atom. The van der Waals surface area contributed by atoms with E-state index in [0.717, 1.165) is 0 Å². The van der Waals surface area contributed by atoms with E-state index >= 15 is 0 Å². The SMILES string of the molecule is CC(=O)N[C@H]1[C@@H](Oc2ccc(C(C)=O)cc2)O[C@@H](CO)[C@@H](O)[C@H]1O. The molecule has 1 aromatic rings. The van der Waals surface area contributed by atoms with Gasteiger partial charge in [0.2, 0.25) is 12.2 Å². The van der Waals surface area contributed by atoms with Gasteiger partial charge < -0.3 is 30.1 Å². The van der Waals surface area contributed by atoms with E-state index in [9.17, 15) is 24.9 Å². The number of aliphatic hydroxyl groups is 3. The molecular formula is C16H21NO7. The van der Waals surface area contributed by atoms with Crippen LogP contribution in [0.25, 0.3) is 0 Å². The molecule has 0 spiro atoms. The fourth-order valence-electron chi connectivity index (χ4n) is 2.47. The first kappa shape index (κ1) is 18.3. The summed E-state index contributed by atoms with van der Waals surface area (Å²) in [5, 5.41) is 31.8. The molecule has 0 radical (unpaired) electrons. The van der Waals surface area contributed by atoms with Crippen LogP contribution in [0, 0.1) is 0 Å². The molecule has 0 unspecified atom stereocenters. The van der Waals surface area contributed by atoms with Gasteiger partial charge in [-0.1, -0.05) is 0 Å². The quantitative estimate of drug-likeness (QED) is 0.518. The van der Waals surface area contributed by atoms with Crippen molar-refractivity contribution in [2.75, 3.05) is 6.61 Å². The summed E-state index contributed by atoms with van der Waals surface area (Å²) in [5.74, 6) is -0.177. The second-order valence-electron chi connectivity index (χ2n) is 5.63. The summed E-state index contributed by atoms with van der Waals surface area (Å²) in [6, 6.07) is 5.23. The average molecular weight is 339 g/mol. The Hall–Kier alpha value is -2.00. The van der Waals surface area contributed by atoms with Gasteiger partial charge in [0.15, 0.2) is 5.78 Å². The maximum atomic E-state index is 11.3. The number of amides is 1. The first-order valence-corrected chi connectivity index (χ1v) is 7.50. The topological polar surface area (TPSA) is 125 Å². The number of ether oxygens (including phenoxy) is 2. The molecule has 1 fully saturated rings. The molecule has 0 aromatic heterocycles. The molecule has 132 valence electrons. The maximum Gasteiger partial charge on any atom is 0.223 e. The highest BCUT2D eigenvalue weighted by Crippen LogP contribution is 2.24. The molecule has 1 aliphatic rings. The number of carbonyl (C=O) groups excluding carboxylic acids is 2. The number of aliphatic hydroxyl groups excluding tert-OH is 3. The second kappa shape index (κ2) is 7.71. The third-order valence-corrected chi connectivity index (χ3v) is 3.76. The van der Waals surface area contributed by atoms with Crippen molar-refractivity contribution in [3.05, 3.63) is 29.8 Å². The van der Waals surface area contributed by atoms with E-state index < -0.39 is 43.2 Å². The third kappa shape index (κ3) is 4.09. The predicted molar refractivity (Wildman–Crippen MR) is 82.4 cm³/mol. The van der Waals surface area contributed by atoms with Gasteiger partial charge in [-0.3, -0.25) is 9.59 Å². The smallest absolute Gasteiger partial charge is 0.223 e. The first-order valence-electron chi connectivity index (χ1n) is 7.50. The summed E-state index contributed by atoms with van der Waals surface area (Å²) in [4.78, 5) is 22.6. The molecule has 1 amide bonds. The van der Waals surface area contributed by atoms with Crippen molar-refractivity contribution in [1.29, 1.82) is 0 Å². The van der Waals surface area contributed by atoms with Crippen molar-refractivity contribution in [1.82, 2.24) is 5.32 Å². The zero-order valence-corrected chi connectivity index (χ0v) is 13.4. The number of hydrogen-bond donors (Lipinski definition) is 4. The zero-order valence-electron chi connectivity index (χ0n) is 13.4. The van der Waals surface area contributed by atoms with Crippen LogP contribution in [0.2, 0.25) is 0 Å². The number of rotatable bonds is 5. The number of benzene rings is 1. The third-order valence-electron chi connectivity index (χ3n) is 3.76. The zero-order chi connectivity index (χ0) is 17.9. The van der Waals surface area contributed by atoms with E-state index in [1.165, 1.54) is 13.8 Å². The minimum atomic E-state index is -1.37. The van der Waals surface area contributed by atoms with Gasteiger partial charge in [0.25, 0.3) is 0 Å². The van der Waals surface area contributed by atoms with Crippen LogP contribution in [0.3, 0.4) is 0 Å². The van der Waals surface area contributed by atoms with Gasteiger partial charge in [0.1, 0.15) is 30.1 Å². The van der Waals surface area contributed by atoms with Crippen LogP contribution in [0.5, 0.6) is 5.75 Å². The van der Waals surface area contributed by atoms with Gasteiger partial charge >= 0.3 is 0 Å². The predicted octanol–water partition coefficient (Wildman–Crippen LogP) is -0.788.